The van der Waals surface area contributed by atoms with Gasteiger partial charge in [0.1, 0.15) is 10.6 Å². The second-order valence-corrected chi connectivity index (χ2v) is 6.58. The van der Waals surface area contributed by atoms with Crippen molar-refractivity contribution in [1.82, 2.24) is 4.57 Å². The molecule has 0 spiro atoms. The number of hydrogen-bond acceptors (Lipinski definition) is 5. The molecule has 1 aromatic heterocycles. The van der Waals surface area contributed by atoms with E-state index in [1.54, 1.807) is 28.8 Å². The summed E-state index contributed by atoms with van der Waals surface area (Å²) < 4.78 is 1.64. The van der Waals surface area contributed by atoms with Crippen LogP contribution in [-0.4, -0.2) is 14.6 Å². The molecule has 1 aliphatic heterocycles. The van der Waals surface area contributed by atoms with E-state index in [-0.39, 0.29) is 21.9 Å². The van der Waals surface area contributed by atoms with Gasteiger partial charge in [-0.25, -0.2) is 0 Å². The minimum Gasteiger partial charge on any atom is -0.506 e. The van der Waals surface area contributed by atoms with Gasteiger partial charge in [0, 0.05) is 18.0 Å². The zero-order chi connectivity index (χ0) is 16.8. The number of pyridine rings is 1. The van der Waals surface area contributed by atoms with Crippen molar-refractivity contribution < 1.29 is 10.0 Å². The first kappa shape index (κ1) is 14.8. The Labute approximate surface area is 140 Å². The fourth-order valence-corrected chi connectivity index (χ4v) is 4.11. The van der Waals surface area contributed by atoms with Gasteiger partial charge in [0.15, 0.2) is 0 Å². The number of aromatic nitrogens is 1. The third-order valence-corrected chi connectivity index (χ3v) is 5.32. The number of benzene rings is 2. The van der Waals surface area contributed by atoms with Crippen molar-refractivity contribution in [3.63, 3.8) is 0 Å². The number of aromatic hydroxyl groups is 1. The second kappa shape index (κ2) is 5.38. The highest BCUT2D eigenvalue weighted by Crippen LogP contribution is 2.41. The summed E-state index contributed by atoms with van der Waals surface area (Å²) in [4.78, 5) is 23.9. The zero-order valence-electron chi connectivity index (χ0n) is 12.4. The van der Waals surface area contributed by atoms with E-state index in [2.05, 4.69) is 0 Å². The van der Waals surface area contributed by atoms with Gasteiger partial charge in [0.25, 0.3) is 11.2 Å². The molecule has 0 aliphatic carbocycles. The van der Waals surface area contributed by atoms with Crippen LogP contribution in [0, 0.1) is 10.1 Å². The Morgan fingerprint density at radius 3 is 2.75 bits per heavy atom. The van der Waals surface area contributed by atoms with Gasteiger partial charge < -0.3 is 9.67 Å². The van der Waals surface area contributed by atoms with E-state index >= 15 is 0 Å². The number of hydrogen-bond donors (Lipinski definition) is 1. The number of nitrogens with zero attached hydrogens (tertiary/aromatic N) is 2. The van der Waals surface area contributed by atoms with Gasteiger partial charge in [-0.3, -0.25) is 14.9 Å². The van der Waals surface area contributed by atoms with Crippen LogP contribution in [0.3, 0.4) is 0 Å². The van der Waals surface area contributed by atoms with Crippen LogP contribution in [0.2, 0.25) is 0 Å². The molecule has 0 unspecified atom stereocenters. The van der Waals surface area contributed by atoms with E-state index in [0.29, 0.717) is 16.8 Å². The summed E-state index contributed by atoms with van der Waals surface area (Å²) in [5.41, 5.74) is 1.39. The van der Waals surface area contributed by atoms with Gasteiger partial charge >= 0.3 is 0 Å². The maximum atomic E-state index is 12.8. The molecule has 2 heterocycles. The molecular formula is C17H12N2O4S. The largest absolute Gasteiger partial charge is 0.506 e. The zero-order valence-corrected chi connectivity index (χ0v) is 13.2. The summed E-state index contributed by atoms with van der Waals surface area (Å²) in [6, 6.07) is 11.8. The number of nitro benzene ring substituents is 1. The van der Waals surface area contributed by atoms with Crippen molar-refractivity contribution in [2.45, 2.75) is 22.8 Å². The van der Waals surface area contributed by atoms with Crippen LogP contribution in [0.4, 0.5) is 5.69 Å². The van der Waals surface area contributed by atoms with E-state index in [9.17, 15) is 20.0 Å². The molecule has 0 saturated carbocycles. The molecule has 0 fully saturated rings. The molecule has 1 N–H and O–H groups in total. The van der Waals surface area contributed by atoms with Crippen LogP contribution in [0.5, 0.6) is 5.75 Å². The van der Waals surface area contributed by atoms with Gasteiger partial charge in [-0.1, -0.05) is 36.0 Å². The summed E-state index contributed by atoms with van der Waals surface area (Å²) in [5.74, 6) is -0.113. The first-order valence-corrected chi connectivity index (χ1v) is 8.18. The smallest absolute Gasteiger partial charge is 0.283 e. The Kier molecular flexibility index (Phi) is 3.31. The minimum absolute atomic E-state index is 0.0865. The number of aryl methyl sites for hydroxylation is 2. The standard InChI is InChI=1S/C17H12N2O4S/c20-15-11-5-3-4-10-8-9-18(14(10)11)17(21)16(15)24-13-7-2-1-6-12(13)19(22)23/h1-7,20H,8-9H2. The summed E-state index contributed by atoms with van der Waals surface area (Å²) in [5, 5.41) is 22.4. The van der Waals surface area contributed by atoms with Crippen LogP contribution >= 0.6 is 11.8 Å². The fourth-order valence-electron chi connectivity index (χ4n) is 3.09. The van der Waals surface area contributed by atoms with Crippen molar-refractivity contribution in [2.24, 2.45) is 0 Å². The maximum absolute atomic E-state index is 12.8. The second-order valence-electron chi connectivity index (χ2n) is 5.52. The molecule has 120 valence electrons. The first-order chi connectivity index (χ1) is 11.6. The number of nitro groups is 1. The highest BCUT2D eigenvalue weighted by atomic mass is 32.2. The minimum atomic E-state index is -0.491. The van der Waals surface area contributed by atoms with Gasteiger partial charge in [0.05, 0.1) is 15.3 Å². The number of rotatable bonds is 3. The van der Waals surface area contributed by atoms with Crippen LogP contribution in [0.1, 0.15) is 5.56 Å². The lowest BCUT2D eigenvalue weighted by molar-refractivity contribution is -0.387. The molecule has 0 radical (unpaired) electrons. The molecule has 24 heavy (non-hydrogen) atoms. The summed E-state index contributed by atoms with van der Waals surface area (Å²) in [7, 11) is 0. The topological polar surface area (TPSA) is 85.4 Å². The highest BCUT2D eigenvalue weighted by molar-refractivity contribution is 7.99. The predicted molar refractivity (Wildman–Crippen MR) is 90.8 cm³/mol. The summed E-state index contributed by atoms with van der Waals surface area (Å²) >= 11 is 0.938. The highest BCUT2D eigenvalue weighted by Gasteiger charge is 2.24. The Morgan fingerprint density at radius 1 is 1.17 bits per heavy atom. The van der Waals surface area contributed by atoms with Crippen LogP contribution < -0.4 is 5.56 Å². The van der Waals surface area contributed by atoms with Gasteiger partial charge in [0.2, 0.25) is 0 Å². The van der Waals surface area contributed by atoms with Gasteiger partial charge in [-0.2, -0.15) is 0 Å². The quantitative estimate of drug-likeness (QED) is 0.584. The fraction of sp³-hybridized carbons (Fsp3) is 0.118. The molecule has 6 nitrogen and oxygen atoms in total. The third kappa shape index (κ3) is 2.09. The first-order valence-electron chi connectivity index (χ1n) is 7.36. The lowest BCUT2D eigenvalue weighted by atomic mass is 10.1. The molecule has 3 aromatic rings. The van der Waals surface area contributed by atoms with Crippen molar-refractivity contribution in [3.8, 4) is 5.75 Å². The lowest BCUT2D eigenvalue weighted by Gasteiger charge is -2.11. The molecular weight excluding hydrogens is 328 g/mol. The van der Waals surface area contributed by atoms with E-state index in [0.717, 1.165) is 29.3 Å². The van der Waals surface area contributed by atoms with E-state index in [1.165, 1.54) is 6.07 Å². The van der Waals surface area contributed by atoms with Crippen LogP contribution in [0.25, 0.3) is 10.9 Å². The Morgan fingerprint density at radius 2 is 1.96 bits per heavy atom. The lowest BCUT2D eigenvalue weighted by Crippen LogP contribution is -2.19. The molecule has 2 aromatic carbocycles. The van der Waals surface area contributed by atoms with Crippen molar-refractivity contribution in [1.29, 1.82) is 0 Å². The van der Waals surface area contributed by atoms with Crippen molar-refractivity contribution in [3.05, 3.63) is 68.5 Å². The molecule has 0 amide bonds. The predicted octanol–water partition coefficient (Wildman–Crippen LogP) is 3.32. The summed E-state index contributed by atoms with van der Waals surface area (Å²) in [6.45, 7) is 0.555. The summed E-state index contributed by atoms with van der Waals surface area (Å²) in [6.07, 6.45) is 0.742. The molecule has 0 saturated heterocycles. The molecule has 0 atom stereocenters. The Hall–Kier alpha value is -2.80. The van der Waals surface area contributed by atoms with Crippen molar-refractivity contribution in [2.75, 3.05) is 0 Å². The average Bonchev–Trinajstić information content (AvgIpc) is 3.02. The monoisotopic (exact) mass is 340 g/mol. The van der Waals surface area contributed by atoms with Gasteiger partial charge in [-0.05, 0) is 24.1 Å². The number of para-hydroxylation sites is 2. The Balaban J connectivity index is 1.95. The van der Waals surface area contributed by atoms with Crippen LogP contribution in [-0.2, 0) is 13.0 Å². The Bertz CT molecular complexity index is 1060. The van der Waals surface area contributed by atoms with E-state index in [1.807, 2.05) is 12.1 Å². The average molecular weight is 340 g/mol. The SMILES string of the molecule is O=c1c(Sc2ccccc2[N+](=O)[O-])c(O)c2cccc3c2n1CC3. The van der Waals surface area contributed by atoms with Crippen LogP contribution in [0.15, 0.2) is 57.1 Å². The third-order valence-electron chi connectivity index (χ3n) is 4.18. The van der Waals surface area contributed by atoms with Gasteiger partial charge in [-0.15, -0.1) is 0 Å². The molecule has 0 bridgehead atoms. The molecule has 4 rings (SSSR count). The van der Waals surface area contributed by atoms with Crippen molar-refractivity contribution >= 4 is 28.4 Å². The molecule has 7 heteroatoms. The molecule has 1 aliphatic rings. The normalized spacial score (nSPS) is 12.7. The maximum Gasteiger partial charge on any atom is 0.283 e. The van der Waals surface area contributed by atoms with E-state index in [4.69, 9.17) is 0 Å². The van der Waals surface area contributed by atoms with E-state index < -0.39 is 4.92 Å².